The Morgan fingerprint density at radius 2 is 2.08 bits per heavy atom. The number of fused-ring (bicyclic) bond motifs is 1. The van der Waals surface area contributed by atoms with Crippen molar-refractivity contribution in [1.29, 1.82) is 0 Å². The molecule has 5 heteroatoms. The van der Waals surface area contributed by atoms with Crippen LogP contribution in [-0.4, -0.2) is 17.0 Å². The van der Waals surface area contributed by atoms with Crippen molar-refractivity contribution < 1.29 is 4.79 Å². The number of nitrogens with one attached hydrogen (secondary N) is 1. The monoisotopic (exact) mass is 325 g/mol. The van der Waals surface area contributed by atoms with Crippen LogP contribution in [0.25, 0.3) is 10.9 Å². The number of anilines is 1. The van der Waals surface area contributed by atoms with Crippen LogP contribution >= 0.6 is 0 Å². The summed E-state index contributed by atoms with van der Waals surface area (Å²) in [5.41, 5.74) is 7.13. The SMILES string of the molecule is C=CCNC(=O)c1cn(C2CCCCC2)c2cccc(N)c2c1=O. The molecule has 3 rings (SSSR count). The predicted molar refractivity (Wildman–Crippen MR) is 97.3 cm³/mol. The number of carbonyl (C=O) groups excluding carboxylic acids is 1. The van der Waals surface area contributed by atoms with Crippen molar-refractivity contribution >= 4 is 22.5 Å². The average Bonchev–Trinajstić information content (AvgIpc) is 2.60. The van der Waals surface area contributed by atoms with Gasteiger partial charge in [-0.3, -0.25) is 9.59 Å². The molecule has 0 unspecified atom stereocenters. The molecule has 1 saturated carbocycles. The molecule has 1 aliphatic rings. The number of hydrogen-bond donors (Lipinski definition) is 2. The number of nitrogens with zero attached hydrogens (tertiary/aromatic N) is 1. The zero-order valence-corrected chi connectivity index (χ0v) is 13.8. The van der Waals surface area contributed by atoms with Gasteiger partial charge in [0.25, 0.3) is 5.91 Å². The van der Waals surface area contributed by atoms with E-state index in [0.717, 1.165) is 18.4 Å². The van der Waals surface area contributed by atoms with Gasteiger partial charge in [0.15, 0.2) is 0 Å². The Balaban J connectivity index is 2.20. The molecule has 1 fully saturated rings. The molecule has 0 saturated heterocycles. The van der Waals surface area contributed by atoms with Gasteiger partial charge in [-0.15, -0.1) is 6.58 Å². The largest absolute Gasteiger partial charge is 0.398 e. The maximum atomic E-state index is 12.8. The fraction of sp³-hybridized carbons (Fsp3) is 0.368. The molecule has 126 valence electrons. The zero-order chi connectivity index (χ0) is 17.1. The molecule has 1 aliphatic carbocycles. The van der Waals surface area contributed by atoms with Crippen LogP contribution in [0.15, 0.2) is 41.8 Å². The number of rotatable bonds is 4. The van der Waals surface area contributed by atoms with Crippen LogP contribution in [0, 0.1) is 0 Å². The average molecular weight is 325 g/mol. The molecule has 0 atom stereocenters. The summed E-state index contributed by atoms with van der Waals surface area (Å²) < 4.78 is 2.08. The summed E-state index contributed by atoms with van der Waals surface area (Å²) in [5.74, 6) is -0.380. The molecule has 0 spiro atoms. The molecule has 1 amide bonds. The second-order valence-electron chi connectivity index (χ2n) is 6.31. The first-order valence-electron chi connectivity index (χ1n) is 8.46. The Bertz CT molecular complexity index is 832. The van der Waals surface area contributed by atoms with Crippen molar-refractivity contribution in [1.82, 2.24) is 9.88 Å². The number of aromatic nitrogens is 1. The first-order chi connectivity index (χ1) is 11.6. The fourth-order valence-corrected chi connectivity index (χ4v) is 3.51. The van der Waals surface area contributed by atoms with E-state index in [0.29, 0.717) is 23.7 Å². The third kappa shape index (κ3) is 2.94. The van der Waals surface area contributed by atoms with Gasteiger partial charge in [-0.25, -0.2) is 0 Å². The second kappa shape index (κ2) is 6.91. The second-order valence-corrected chi connectivity index (χ2v) is 6.31. The lowest BCUT2D eigenvalue weighted by Crippen LogP contribution is -2.31. The van der Waals surface area contributed by atoms with Gasteiger partial charge in [0, 0.05) is 24.5 Å². The number of benzene rings is 1. The third-order valence-electron chi connectivity index (χ3n) is 4.71. The highest BCUT2D eigenvalue weighted by atomic mass is 16.2. The molecular formula is C19H23N3O2. The van der Waals surface area contributed by atoms with Crippen LogP contribution in [-0.2, 0) is 0 Å². The lowest BCUT2D eigenvalue weighted by atomic mass is 9.94. The van der Waals surface area contributed by atoms with Crippen LogP contribution < -0.4 is 16.5 Å². The minimum Gasteiger partial charge on any atom is -0.398 e. The first-order valence-corrected chi connectivity index (χ1v) is 8.46. The van der Waals surface area contributed by atoms with Crippen LogP contribution in [0.5, 0.6) is 0 Å². The molecule has 0 bridgehead atoms. The highest BCUT2D eigenvalue weighted by Crippen LogP contribution is 2.31. The highest BCUT2D eigenvalue weighted by molar-refractivity contribution is 6.00. The van der Waals surface area contributed by atoms with E-state index in [9.17, 15) is 9.59 Å². The Hall–Kier alpha value is -2.56. The van der Waals surface area contributed by atoms with Crippen molar-refractivity contribution in [2.45, 2.75) is 38.1 Å². The van der Waals surface area contributed by atoms with E-state index < -0.39 is 0 Å². The number of nitrogen functional groups attached to an aromatic ring is 1. The summed E-state index contributed by atoms with van der Waals surface area (Å²) in [4.78, 5) is 25.2. The normalized spacial score (nSPS) is 15.3. The molecule has 0 radical (unpaired) electrons. The van der Waals surface area contributed by atoms with Crippen LogP contribution in [0.1, 0.15) is 48.5 Å². The lowest BCUT2D eigenvalue weighted by molar-refractivity contribution is 0.0956. The van der Waals surface area contributed by atoms with Gasteiger partial charge < -0.3 is 15.6 Å². The predicted octanol–water partition coefficient (Wildman–Crippen LogP) is 3.00. The van der Waals surface area contributed by atoms with Gasteiger partial charge in [0.05, 0.1) is 10.9 Å². The minimum atomic E-state index is -0.380. The Morgan fingerprint density at radius 3 is 2.79 bits per heavy atom. The number of amides is 1. The molecule has 1 aromatic heterocycles. The molecule has 2 aromatic rings. The van der Waals surface area contributed by atoms with Crippen molar-refractivity contribution in [3.05, 3.63) is 52.8 Å². The summed E-state index contributed by atoms with van der Waals surface area (Å²) >= 11 is 0. The quantitative estimate of drug-likeness (QED) is 0.670. The van der Waals surface area contributed by atoms with Gasteiger partial charge in [0.2, 0.25) is 5.43 Å². The molecule has 1 heterocycles. The van der Waals surface area contributed by atoms with Gasteiger partial charge in [-0.05, 0) is 25.0 Å². The summed E-state index contributed by atoms with van der Waals surface area (Å²) in [5, 5.41) is 3.13. The number of pyridine rings is 1. The van der Waals surface area contributed by atoms with Crippen molar-refractivity contribution in [2.75, 3.05) is 12.3 Å². The maximum absolute atomic E-state index is 12.8. The number of nitrogens with two attached hydrogens (primary N) is 1. The molecule has 1 aromatic carbocycles. The van der Waals surface area contributed by atoms with Crippen LogP contribution in [0.4, 0.5) is 5.69 Å². The lowest BCUT2D eigenvalue weighted by Gasteiger charge is -2.27. The number of carbonyl (C=O) groups is 1. The summed E-state index contributed by atoms with van der Waals surface area (Å²) in [6, 6.07) is 5.77. The summed E-state index contributed by atoms with van der Waals surface area (Å²) in [6.45, 7) is 3.91. The third-order valence-corrected chi connectivity index (χ3v) is 4.71. The minimum absolute atomic E-state index is 0.146. The molecule has 0 aliphatic heterocycles. The van der Waals surface area contributed by atoms with E-state index in [1.165, 1.54) is 19.3 Å². The van der Waals surface area contributed by atoms with E-state index in [1.54, 1.807) is 18.3 Å². The Kier molecular flexibility index (Phi) is 4.69. The first kappa shape index (κ1) is 16.3. The van der Waals surface area contributed by atoms with Crippen molar-refractivity contribution in [3.63, 3.8) is 0 Å². The Labute approximate surface area is 141 Å². The van der Waals surface area contributed by atoms with E-state index in [-0.39, 0.29) is 16.9 Å². The van der Waals surface area contributed by atoms with Gasteiger partial charge in [-0.1, -0.05) is 31.4 Å². The van der Waals surface area contributed by atoms with Crippen LogP contribution in [0.2, 0.25) is 0 Å². The van der Waals surface area contributed by atoms with E-state index in [4.69, 9.17) is 5.73 Å². The summed E-state index contributed by atoms with van der Waals surface area (Å²) in [7, 11) is 0. The summed E-state index contributed by atoms with van der Waals surface area (Å²) in [6.07, 6.45) is 8.98. The molecule has 5 nitrogen and oxygen atoms in total. The topological polar surface area (TPSA) is 77.1 Å². The zero-order valence-electron chi connectivity index (χ0n) is 13.8. The molecule has 3 N–H and O–H groups in total. The fourth-order valence-electron chi connectivity index (χ4n) is 3.51. The smallest absolute Gasteiger partial charge is 0.257 e. The van der Waals surface area contributed by atoms with Crippen molar-refractivity contribution in [2.24, 2.45) is 0 Å². The standard InChI is InChI=1S/C19H23N3O2/c1-2-11-21-19(24)14-12-22(13-7-4-3-5-8-13)16-10-6-9-15(20)17(16)18(14)23/h2,6,9-10,12-13H,1,3-5,7-8,11,20H2,(H,21,24). The van der Waals surface area contributed by atoms with E-state index in [1.807, 2.05) is 12.1 Å². The Morgan fingerprint density at radius 1 is 1.33 bits per heavy atom. The molecular weight excluding hydrogens is 302 g/mol. The van der Waals surface area contributed by atoms with Crippen molar-refractivity contribution in [3.8, 4) is 0 Å². The van der Waals surface area contributed by atoms with E-state index >= 15 is 0 Å². The van der Waals surface area contributed by atoms with Gasteiger partial charge in [0.1, 0.15) is 5.56 Å². The highest BCUT2D eigenvalue weighted by Gasteiger charge is 2.21. The van der Waals surface area contributed by atoms with Crippen LogP contribution in [0.3, 0.4) is 0 Å². The van der Waals surface area contributed by atoms with Gasteiger partial charge >= 0.3 is 0 Å². The van der Waals surface area contributed by atoms with Gasteiger partial charge in [-0.2, -0.15) is 0 Å². The number of hydrogen-bond acceptors (Lipinski definition) is 3. The molecule has 24 heavy (non-hydrogen) atoms. The maximum Gasteiger partial charge on any atom is 0.257 e. The van der Waals surface area contributed by atoms with E-state index in [2.05, 4.69) is 16.5 Å².